The van der Waals surface area contributed by atoms with Crippen molar-refractivity contribution in [2.75, 3.05) is 46.6 Å². The first-order valence-electron chi connectivity index (χ1n) is 14.4. The van der Waals surface area contributed by atoms with E-state index >= 15 is 0 Å². The summed E-state index contributed by atoms with van der Waals surface area (Å²) in [6.07, 6.45) is 1.70. The van der Waals surface area contributed by atoms with E-state index in [1.54, 1.807) is 7.11 Å². The summed E-state index contributed by atoms with van der Waals surface area (Å²) >= 11 is 6.26. The minimum Gasteiger partial charge on any atom is -0.496 e. The van der Waals surface area contributed by atoms with Gasteiger partial charge in [-0.25, -0.2) is 0 Å². The van der Waals surface area contributed by atoms with E-state index < -0.39 is 16.7 Å². The topological polar surface area (TPSA) is 78.9 Å². The zero-order valence-corrected chi connectivity index (χ0v) is 24.6. The Kier molecular flexibility index (Phi) is 7.79. The summed E-state index contributed by atoms with van der Waals surface area (Å²) in [7, 11) is 1.63. The van der Waals surface area contributed by atoms with Crippen molar-refractivity contribution in [3.8, 4) is 17.9 Å². The van der Waals surface area contributed by atoms with Crippen molar-refractivity contribution < 1.29 is 4.74 Å². The summed E-state index contributed by atoms with van der Waals surface area (Å²) in [5, 5.41) is 22.2. The van der Waals surface area contributed by atoms with Crippen LogP contribution >= 0.6 is 12.2 Å². The molecule has 3 aliphatic rings. The lowest BCUT2D eigenvalue weighted by atomic mass is 9.53. The number of likely N-dealkylation sites (tertiary alicyclic amines) is 1. The number of aliphatic imine (C=N–C) groups is 1. The highest BCUT2D eigenvalue weighted by molar-refractivity contribution is 7.80. The summed E-state index contributed by atoms with van der Waals surface area (Å²) in [6, 6.07) is 33.9. The van der Waals surface area contributed by atoms with Crippen LogP contribution in [-0.4, -0.2) is 72.2 Å². The number of para-hydroxylation sites is 1. The molecule has 42 heavy (non-hydrogen) atoms. The van der Waals surface area contributed by atoms with Crippen LogP contribution in [0.3, 0.4) is 0 Å². The van der Waals surface area contributed by atoms with Crippen LogP contribution in [0.4, 0.5) is 0 Å². The van der Waals surface area contributed by atoms with Crippen molar-refractivity contribution >= 4 is 23.0 Å². The number of piperidine rings is 2. The lowest BCUT2D eigenvalue weighted by Crippen LogP contribution is -2.73. The van der Waals surface area contributed by atoms with E-state index in [2.05, 4.69) is 58.3 Å². The second-order valence-corrected chi connectivity index (χ2v) is 11.8. The van der Waals surface area contributed by atoms with Crippen LogP contribution in [0.1, 0.15) is 22.6 Å². The van der Waals surface area contributed by atoms with Gasteiger partial charge in [-0.05, 0) is 30.0 Å². The summed E-state index contributed by atoms with van der Waals surface area (Å²) < 4.78 is 5.80. The van der Waals surface area contributed by atoms with Gasteiger partial charge in [0.2, 0.25) is 0 Å². The molecule has 0 radical (unpaired) electrons. The van der Waals surface area contributed by atoms with Crippen LogP contribution < -0.4 is 4.74 Å². The van der Waals surface area contributed by atoms with Crippen molar-refractivity contribution in [3.63, 3.8) is 0 Å². The lowest BCUT2D eigenvalue weighted by Gasteiger charge is -2.60. The Morgan fingerprint density at radius 1 is 0.833 bits per heavy atom. The molecule has 3 aromatic rings. The van der Waals surface area contributed by atoms with Crippen molar-refractivity contribution in [1.29, 1.82) is 10.5 Å². The minimum atomic E-state index is -1.11. The molecule has 2 fully saturated rings. The van der Waals surface area contributed by atoms with E-state index in [-0.39, 0.29) is 0 Å². The second-order valence-electron chi connectivity index (χ2n) is 11.4. The second kappa shape index (κ2) is 11.7. The van der Waals surface area contributed by atoms with Gasteiger partial charge in [0.25, 0.3) is 0 Å². The maximum atomic E-state index is 11.2. The van der Waals surface area contributed by atoms with E-state index in [4.69, 9.17) is 21.9 Å². The van der Waals surface area contributed by atoms with E-state index in [9.17, 15) is 10.5 Å². The number of hydrogen-bond donors (Lipinski definition) is 0. The van der Waals surface area contributed by atoms with Gasteiger partial charge < -0.3 is 9.64 Å². The SMILES string of the molecule is COc1ccccc1[C@H]1[C@@]2(C#N)CN(CCc3ccccc3)C[C@@]1(C#N)C1=NCN(CCc3ccccc3)CN1C2=S. The average molecular weight is 575 g/mol. The molecule has 6 rings (SSSR count). The molecule has 3 atom stereocenters. The first kappa shape index (κ1) is 28.1. The van der Waals surface area contributed by atoms with Crippen LogP contribution in [0.5, 0.6) is 5.75 Å². The van der Waals surface area contributed by atoms with Crippen molar-refractivity contribution in [2.45, 2.75) is 18.8 Å². The third-order valence-electron chi connectivity index (χ3n) is 8.94. The van der Waals surface area contributed by atoms with Crippen molar-refractivity contribution in [2.24, 2.45) is 15.8 Å². The summed E-state index contributed by atoms with van der Waals surface area (Å²) in [4.78, 5) is 12.1. The van der Waals surface area contributed by atoms with Crippen LogP contribution in [0, 0.1) is 33.5 Å². The smallest absolute Gasteiger partial charge is 0.136 e. The highest BCUT2D eigenvalue weighted by Gasteiger charge is 2.68. The normalized spacial score (nSPS) is 25.6. The number of benzene rings is 3. The maximum absolute atomic E-state index is 11.2. The molecular weight excluding hydrogens is 540 g/mol. The molecule has 2 saturated heterocycles. The summed E-state index contributed by atoms with van der Waals surface area (Å²) in [5.74, 6) is 0.830. The third-order valence-corrected chi connectivity index (χ3v) is 9.53. The van der Waals surface area contributed by atoms with Crippen LogP contribution in [0.15, 0.2) is 89.9 Å². The Hall–Kier alpha value is -4.08. The van der Waals surface area contributed by atoms with Gasteiger partial charge in [-0.2, -0.15) is 10.5 Å². The minimum absolute atomic E-state index is 0.440. The Labute approximate surface area is 253 Å². The maximum Gasteiger partial charge on any atom is 0.136 e. The van der Waals surface area contributed by atoms with Gasteiger partial charge in [0, 0.05) is 37.7 Å². The number of methoxy groups -OCH3 is 1. The van der Waals surface area contributed by atoms with Gasteiger partial charge in [0.1, 0.15) is 27.4 Å². The fourth-order valence-electron chi connectivity index (χ4n) is 7.00. The predicted molar refractivity (Wildman–Crippen MR) is 167 cm³/mol. The molecule has 3 aromatic carbocycles. The number of fused-ring (bicyclic) bond motifs is 4. The standard InChI is InChI=1S/C34H34N6OS/c1-41-29-15-9-8-14-28(29)30-33(20-35)22-38(18-16-26-10-4-2-5-11-26)23-34(30,21-36)32(42)40-25-39(24-37-31(33)40)19-17-27-12-6-3-7-13-27/h2-15,30H,16-19,22-25H2,1H3/t30-,33-,34-/m1/s1. The van der Waals surface area contributed by atoms with Gasteiger partial charge in [-0.3, -0.25) is 14.8 Å². The molecule has 7 nitrogen and oxygen atoms in total. The van der Waals surface area contributed by atoms with Crippen LogP contribution in [-0.2, 0) is 12.8 Å². The molecule has 0 spiro atoms. The largest absolute Gasteiger partial charge is 0.496 e. The highest BCUT2D eigenvalue weighted by Crippen LogP contribution is 2.59. The zero-order valence-electron chi connectivity index (χ0n) is 23.8. The van der Waals surface area contributed by atoms with Crippen molar-refractivity contribution in [1.82, 2.24) is 14.7 Å². The van der Waals surface area contributed by atoms with Crippen molar-refractivity contribution in [3.05, 3.63) is 102 Å². The average Bonchev–Trinajstić information content (AvgIpc) is 3.05. The highest BCUT2D eigenvalue weighted by atomic mass is 32.1. The molecular formula is C34H34N6OS. The van der Waals surface area contributed by atoms with Crippen LogP contribution in [0.2, 0.25) is 0 Å². The van der Waals surface area contributed by atoms with E-state index in [0.717, 1.165) is 24.9 Å². The van der Waals surface area contributed by atoms with Gasteiger partial charge in [0.15, 0.2) is 0 Å². The lowest BCUT2D eigenvalue weighted by molar-refractivity contribution is 0.0578. The summed E-state index contributed by atoms with van der Waals surface area (Å²) in [6.45, 7) is 3.42. The molecule has 0 aromatic heterocycles. The van der Waals surface area contributed by atoms with E-state index in [0.29, 0.717) is 49.5 Å². The molecule has 3 aliphatic heterocycles. The number of nitrogens with zero attached hydrogens (tertiary/aromatic N) is 6. The molecule has 2 bridgehead atoms. The van der Waals surface area contributed by atoms with Gasteiger partial charge in [-0.1, -0.05) is 91.1 Å². The number of hydrogen-bond acceptors (Lipinski definition) is 7. The number of nitriles is 2. The monoisotopic (exact) mass is 574 g/mol. The quantitative estimate of drug-likeness (QED) is 0.355. The predicted octanol–water partition coefficient (Wildman–Crippen LogP) is 4.87. The Balaban J connectivity index is 1.40. The number of amidine groups is 1. The molecule has 8 heteroatoms. The van der Waals surface area contributed by atoms with Gasteiger partial charge >= 0.3 is 0 Å². The molecule has 0 saturated carbocycles. The molecule has 0 amide bonds. The third kappa shape index (κ3) is 4.76. The summed E-state index contributed by atoms with van der Waals surface area (Å²) in [5.41, 5.74) is 1.13. The molecule has 0 unspecified atom stereocenters. The number of ether oxygens (including phenoxy) is 1. The first-order valence-corrected chi connectivity index (χ1v) is 14.8. The fourth-order valence-corrected chi connectivity index (χ4v) is 7.37. The van der Waals surface area contributed by atoms with Crippen LogP contribution in [0.25, 0.3) is 0 Å². The number of thiocarbonyl (C=S) groups is 1. The molecule has 3 heterocycles. The number of rotatable bonds is 8. The Bertz CT molecular complexity index is 1560. The molecule has 0 N–H and O–H groups in total. The molecule has 0 aliphatic carbocycles. The fraction of sp³-hybridized carbons (Fsp3) is 0.353. The van der Waals surface area contributed by atoms with Gasteiger partial charge in [-0.15, -0.1) is 0 Å². The molecule has 212 valence electrons. The first-order chi connectivity index (χ1) is 20.5. The Morgan fingerprint density at radius 3 is 2.02 bits per heavy atom. The zero-order chi connectivity index (χ0) is 29.2. The Morgan fingerprint density at radius 2 is 1.40 bits per heavy atom. The van der Waals surface area contributed by atoms with E-state index in [1.807, 2.05) is 53.4 Å². The van der Waals surface area contributed by atoms with E-state index in [1.165, 1.54) is 11.1 Å². The van der Waals surface area contributed by atoms with Gasteiger partial charge in [0.05, 0.1) is 32.6 Å².